The van der Waals surface area contributed by atoms with Gasteiger partial charge in [0.25, 0.3) is 0 Å². The first-order valence-corrected chi connectivity index (χ1v) is 5.39. The van der Waals surface area contributed by atoms with Crippen LogP contribution in [0.2, 0.25) is 0 Å². The minimum atomic E-state index is -1.64. The lowest BCUT2D eigenvalue weighted by molar-refractivity contribution is 0.0634. The van der Waals surface area contributed by atoms with E-state index in [4.69, 9.17) is 14.8 Å². The van der Waals surface area contributed by atoms with Gasteiger partial charge in [0.2, 0.25) is 5.95 Å². The smallest absolute Gasteiger partial charge is 0.444 e. The SMILES string of the molecule is Cc1nc(NC(=O)OC(C)(C)C)ncc1B(O)O. The molecule has 0 saturated heterocycles. The van der Waals surface area contributed by atoms with Gasteiger partial charge in [0.15, 0.2) is 0 Å². The molecule has 1 aromatic rings. The fourth-order valence-corrected chi connectivity index (χ4v) is 1.18. The van der Waals surface area contributed by atoms with Gasteiger partial charge in [0.1, 0.15) is 5.60 Å². The molecule has 1 amide bonds. The van der Waals surface area contributed by atoms with Crippen LogP contribution in [0.4, 0.5) is 10.7 Å². The van der Waals surface area contributed by atoms with Crippen LogP contribution < -0.4 is 10.8 Å². The highest BCUT2D eigenvalue weighted by atomic mass is 16.6. The molecule has 0 fully saturated rings. The second kappa shape index (κ2) is 5.32. The number of anilines is 1. The first kappa shape index (κ1) is 14.4. The molecule has 0 aliphatic carbocycles. The molecule has 98 valence electrons. The predicted octanol–water partition coefficient (Wildman–Crippen LogP) is -0.188. The minimum absolute atomic E-state index is 0.0474. The summed E-state index contributed by atoms with van der Waals surface area (Å²) in [5.74, 6) is 0.0474. The van der Waals surface area contributed by atoms with Gasteiger partial charge >= 0.3 is 13.2 Å². The van der Waals surface area contributed by atoms with Crippen LogP contribution in [0, 0.1) is 6.92 Å². The van der Waals surface area contributed by atoms with Crippen molar-refractivity contribution >= 4 is 24.6 Å². The van der Waals surface area contributed by atoms with Gasteiger partial charge in [-0.3, -0.25) is 5.32 Å². The van der Waals surface area contributed by atoms with E-state index in [9.17, 15) is 4.79 Å². The number of ether oxygens (including phenoxy) is 1. The maximum absolute atomic E-state index is 11.4. The van der Waals surface area contributed by atoms with Crippen LogP contribution in [0.25, 0.3) is 0 Å². The van der Waals surface area contributed by atoms with E-state index < -0.39 is 18.8 Å². The summed E-state index contributed by atoms with van der Waals surface area (Å²) in [6.07, 6.45) is 0.568. The molecule has 1 rings (SSSR count). The minimum Gasteiger partial charge on any atom is -0.444 e. The number of carbonyl (C=O) groups excluding carboxylic acids is 1. The van der Waals surface area contributed by atoms with Crippen molar-refractivity contribution in [2.45, 2.75) is 33.3 Å². The molecule has 0 bridgehead atoms. The number of hydrogen-bond acceptors (Lipinski definition) is 6. The fourth-order valence-electron chi connectivity index (χ4n) is 1.18. The molecule has 3 N–H and O–H groups in total. The lowest BCUT2D eigenvalue weighted by Gasteiger charge is -2.19. The van der Waals surface area contributed by atoms with Gasteiger partial charge in [-0.15, -0.1) is 0 Å². The van der Waals surface area contributed by atoms with Crippen molar-refractivity contribution in [3.8, 4) is 0 Å². The van der Waals surface area contributed by atoms with E-state index >= 15 is 0 Å². The number of aromatic nitrogens is 2. The molecule has 7 nitrogen and oxygen atoms in total. The maximum Gasteiger partial charge on any atom is 0.491 e. The Bertz CT molecular complexity index is 445. The molecule has 18 heavy (non-hydrogen) atoms. The lowest BCUT2D eigenvalue weighted by Crippen LogP contribution is -2.34. The molecule has 8 heteroatoms. The van der Waals surface area contributed by atoms with Crippen LogP contribution in [-0.4, -0.2) is 38.8 Å². The molecule has 1 heterocycles. The summed E-state index contributed by atoms with van der Waals surface area (Å²) in [4.78, 5) is 19.2. The Morgan fingerprint density at radius 1 is 1.44 bits per heavy atom. The fraction of sp³-hybridized carbons (Fsp3) is 0.500. The second-order valence-electron chi connectivity index (χ2n) is 4.73. The summed E-state index contributed by atoms with van der Waals surface area (Å²) in [6.45, 7) is 6.80. The zero-order valence-electron chi connectivity index (χ0n) is 10.8. The largest absolute Gasteiger partial charge is 0.491 e. The Hall–Kier alpha value is -1.67. The zero-order valence-corrected chi connectivity index (χ0v) is 10.8. The van der Waals surface area contributed by atoms with Gasteiger partial charge in [-0.2, -0.15) is 0 Å². The number of amides is 1. The van der Waals surface area contributed by atoms with E-state index in [0.717, 1.165) is 0 Å². The summed E-state index contributed by atoms with van der Waals surface area (Å²) < 4.78 is 5.03. The van der Waals surface area contributed by atoms with E-state index in [2.05, 4.69) is 15.3 Å². The highest BCUT2D eigenvalue weighted by Gasteiger charge is 2.19. The topological polar surface area (TPSA) is 105 Å². The number of carbonyl (C=O) groups is 1. The molecule has 0 unspecified atom stereocenters. The third kappa shape index (κ3) is 4.30. The van der Waals surface area contributed by atoms with Crippen molar-refractivity contribution in [1.29, 1.82) is 0 Å². The third-order valence-corrected chi connectivity index (χ3v) is 1.91. The lowest BCUT2D eigenvalue weighted by atomic mass is 9.80. The molecule has 0 saturated carbocycles. The number of nitrogens with zero attached hydrogens (tertiary/aromatic N) is 2. The third-order valence-electron chi connectivity index (χ3n) is 1.91. The number of rotatable bonds is 2. The summed E-state index contributed by atoms with van der Waals surface area (Å²) in [5, 5.41) is 20.3. The molecule has 0 atom stereocenters. The Labute approximate surface area is 105 Å². The Kier molecular flexibility index (Phi) is 4.26. The summed E-state index contributed by atoms with van der Waals surface area (Å²) in [7, 11) is -1.64. The van der Waals surface area contributed by atoms with Gasteiger partial charge in [-0.05, 0) is 27.7 Å². The van der Waals surface area contributed by atoms with Gasteiger partial charge in [0, 0.05) is 17.4 Å². The molecule has 0 aliphatic rings. The van der Waals surface area contributed by atoms with E-state index in [1.807, 2.05) is 0 Å². The average Bonchev–Trinajstić information content (AvgIpc) is 2.13. The molecular weight excluding hydrogens is 237 g/mol. The number of aryl methyl sites for hydroxylation is 1. The quantitative estimate of drug-likeness (QED) is 0.631. The van der Waals surface area contributed by atoms with Crippen molar-refractivity contribution in [2.24, 2.45) is 0 Å². The van der Waals surface area contributed by atoms with Crippen LogP contribution >= 0.6 is 0 Å². The summed E-state index contributed by atoms with van der Waals surface area (Å²) in [5.41, 5.74) is -0.0591. The van der Waals surface area contributed by atoms with Crippen molar-refractivity contribution < 1.29 is 19.6 Å². The van der Waals surface area contributed by atoms with Gasteiger partial charge in [0.05, 0.1) is 0 Å². The Morgan fingerprint density at radius 2 is 2.06 bits per heavy atom. The molecule has 0 spiro atoms. The van der Waals surface area contributed by atoms with Crippen molar-refractivity contribution in [1.82, 2.24) is 9.97 Å². The first-order chi connectivity index (χ1) is 8.19. The van der Waals surface area contributed by atoms with Gasteiger partial charge < -0.3 is 14.8 Å². The first-order valence-electron chi connectivity index (χ1n) is 5.39. The molecule has 0 aliphatic heterocycles. The zero-order chi connectivity index (χ0) is 13.9. The predicted molar refractivity (Wildman–Crippen MR) is 66.5 cm³/mol. The molecule has 1 aromatic heterocycles. The average molecular weight is 253 g/mol. The molecular formula is C10H16BN3O4. The summed E-state index contributed by atoms with van der Waals surface area (Å²) in [6, 6.07) is 0. The van der Waals surface area contributed by atoms with Gasteiger partial charge in [-0.25, -0.2) is 14.8 Å². The van der Waals surface area contributed by atoms with Crippen molar-refractivity contribution in [2.75, 3.05) is 5.32 Å². The van der Waals surface area contributed by atoms with E-state index in [-0.39, 0.29) is 11.4 Å². The van der Waals surface area contributed by atoms with Gasteiger partial charge in [-0.1, -0.05) is 0 Å². The monoisotopic (exact) mass is 253 g/mol. The molecule has 0 radical (unpaired) electrons. The van der Waals surface area contributed by atoms with Crippen LogP contribution in [0.5, 0.6) is 0 Å². The highest BCUT2D eigenvalue weighted by Crippen LogP contribution is 2.08. The Balaban J connectivity index is 2.75. The van der Waals surface area contributed by atoms with Crippen LogP contribution in [0.3, 0.4) is 0 Å². The standard InChI is InChI=1S/C10H16BN3O4/c1-6-7(11(16)17)5-12-8(13-6)14-9(15)18-10(2,3)4/h5,16-17H,1-4H3,(H,12,13,14,15). The second-order valence-corrected chi connectivity index (χ2v) is 4.73. The number of hydrogen-bond donors (Lipinski definition) is 3. The van der Waals surface area contributed by atoms with Crippen LogP contribution in [0.1, 0.15) is 26.5 Å². The Morgan fingerprint density at radius 3 is 2.50 bits per heavy atom. The summed E-state index contributed by atoms with van der Waals surface area (Å²) >= 11 is 0. The normalized spacial score (nSPS) is 11.0. The van der Waals surface area contributed by atoms with E-state index in [0.29, 0.717) is 5.69 Å². The van der Waals surface area contributed by atoms with E-state index in [1.165, 1.54) is 6.20 Å². The van der Waals surface area contributed by atoms with Crippen LogP contribution in [0.15, 0.2) is 6.20 Å². The van der Waals surface area contributed by atoms with E-state index in [1.54, 1.807) is 27.7 Å². The van der Waals surface area contributed by atoms with Crippen molar-refractivity contribution in [3.63, 3.8) is 0 Å². The maximum atomic E-state index is 11.4. The highest BCUT2D eigenvalue weighted by molar-refractivity contribution is 6.58. The number of nitrogens with one attached hydrogen (secondary N) is 1. The molecule has 0 aromatic carbocycles. The van der Waals surface area contributed by atoms with Crippen LogP contribution in [-0.2, 0) is 4.74 Å². The van der Waals surface area contributed by atoms with Crippen molar-refractivity contribution in [3.05, 3.63) is 11.9 Å².